The van der Waals surface area contributed by atoms with Crippen molar-refractivity contribution < 1.29 is 4.79 Å². The molecule has 0 fully saturated rings. The van der Waals surface area contributed by atoms with Crippen LogP contribution in [0.25, 0.3) is 0 Å². The molecule has 18 heavy (non-hydrogen) atoms. The molecule has 0 aliphatic heterocycles. The van der Waals surface area contributed by atoms with Gasteiger partial charge < -0.3 is 11.1 Å². The molecule has 5 heteroatoms. The molecule has 0 aromatic carbocycles. The Kier molecular flexibility index (Phi) is 3.23. The Bertz CT molecular complexity index is 558. The molecule has 1 amide bonds. The first-order chi connectivity index (χ1) is 8.58. The first-order valence-corrected chi connectivity index (χ1v) is 5.53. The third-order valence-electron chi connectivity index (χ3n) is 2.64. The summed E-state index contributed by atoms with van der Waals surface area (Å²) in [7, 11) is 0. The summed E-state index contributed by atoms with van der Waals surface area (Å²) in [5, 5.41) is 2.83. The molecule has 2 aromatic heterocycles. The van der Waals surface area contributed by atoms with Crippen LogP contribution in [-0.4, -0.2) is 15.9 Å². The molecule has 3 N–H and O–H groups in total. The Morgan fingerprint density at radius 3 is 2.61 bits per heavy atom. The lowest BCUT2D eigenvalue weighted by Crippen LogP contribution is -2.14. The van der Waals surface area contributed by atoms with E-state index in [1.54, 1.807) is 18.3 Å². The first kappa shape index (κ1) is 12.0. The van der Waals surface area contributed by atoms with Crippen LogP contribution in [0.3, 0.4) is 0 Å². The highest BCUT2D eigenvalue weighted by molar-refractivity contribution is 6.04. The smallest absolute Gasteiger partial charge is 0.257 e. The minimum absolute atomic E-state index is 0.221. The molecule has 0 unspecified atom stereocenters. The average Bonchev–Trinajstić information content (AvgIpc) is 2.34. The number of hydrogen-bond acceptors (Lipinski definition) is 4. The van der Waals surface area contributed by atoms with E-state index in [1.165, 1.54) is 6.20 Å². The van der Waals surface area contributed by atoms with Crippen LogP contribution in [0.2, 0.25) is 0 Å². The number of hydrogen-bond donors (Lipinski definition) is 2. The Morgan fingerprint density at radius 1 is 1.22 bits per heavy atom. The molecule has 0 saturated heterocycles. The number of rotatable bonds is 2. The van der Waals surface area contributed by atoms with E-state index in [4.69, 9.17) is 5.73 Å². The fraction of sp³-hybridized carbons (Fsp3) is 0.154. The molecule has 0 bridgehead atoms. The van der Waals surface area contributed by atoms with Crippen LogP contribution < -0.4 is 11.1 Å². The van der Waals surface area contributed by atoms with Crippen LogP contribution in [0.15, 0.2) is 30.6 Å². The van der Waals surface area contributed by atoms with E-state index in [2.05, 4.69) is 15.3 Å². The van der Waals surface area contributed by atoms with Crippen molar-refractivity contribution in [2.24, 2.45) is 0 Å². The molecular weight excluding hydrogens is 228 g/mol. The summed E-state index contributed by atoms with van der Waals surface area (Å²) < 4.78 is 0. The summed E-state index contributed by atoms with van der Waals surface area (Å²) in [6.07, 6.45) is 3.16. The molecule has 92 valence electrons. The van der Waals surface area contributed by atoms with Crippen molar-refractivity contribution in [1.29, 1.82) is 0 Å². The van der Waals surface area contributed by atoms with Gasteiger partial charge >= 0.3 is 0 Å². The van der Waals surface area contributed by atoms with Crippen molar-refractivity contribution in [3.8, 4) is 0 Å². The van der Waals surface area contributed by atoms with Crippen LogP contribution >= 0.6 is 0 Å². The molecule has 0 atom stereocenters. The van der Waals surface area contributed by atoms with Crippen molar-refractivity contribution in [1.82, 2.24) is 9.97 Å². The third kappa shape index (κ3) is 2.45. The zero-order valence-corrected chi connectivity index (χ0v) is 10.3. The number of anilines is 2. The largest absolute Gasteiger partial charge is 0.384 e. The number of pyridine rings is 2. The first-order valence-electron chi connectivity index (χ1n) is 5.53. The number of amides is 1. The molecule has 2 heterocycles. The highest BCUT2D eigenvalue weighted by Crippen LogP contribution is 2.18. The minimum atomic E-state index is -0.221. The van der Waals surface area contributed by atoms with Crippen LogP contribution in [-0.2, 0) is 0 Å². The lowest BCUT2D eigenvalue weighted by atomic mass is 10.2. The highest BCUT2D eigenvalue weighted by atomic mass is 16.1. The highest BCUT2D eigenvalue weighted by Gasteiger charge is 2.10. The molecule has 0 aliphatic carbocycles. The second-order valence-electron chi connectivity index (χ2n) is 4.01. The van der Waals surface area contributed by atoms with Gasteiger partial charge in [0.15, 0.2) is 0 Å². The number of nitrogens with zero attached hydrogens (tertiary/aromatic N) is 2. The molecule has 5 nitrogen and oxygen atoms in total. The Balaban J connectivity index is 2.24. The summed E-state index contributed by atoms with van der Waals surface area (Å²) in [4.78, 5) is 20.0. The van der Waals surface area contributed by atoms with Crippen LogP contribution in [0.5, 0.6) is 0 Å². The van der Waals surface area contributed by atoms with Crippen molar-refractivity contribution in [3.05, 3.63) is 47.4 Å². The monoisotopic (exact) mass is 242 g/mol. The number of aromatic nitrogens is 2. The lowest BCUT2D eigenvalue weighted by molar-refractivity contribution is 0.102. The lowest BCUT2D eigenvalue weighted by Gasteiger charge is -2.10. The van der Waals surface area contributed by atoms with Crippen LogP contribution in [0.4, 0.5) is 11.5 Å². The van der Waals surface area contributed by atoms with Gasteiger partial charge in [-0.1, -0.05) is 0 Å². The Morgan fingerprint density at radius 2 is 2.00 bits per heavy atom. The van der Waals surface area contributed by atoms with Gasteiger partial charge in [0.05, 0.1) is 16.9 Å². The number of nitrogens with one attached hydrogen (secondary N) is 1. The van der Waals surface area contributed by atoms with Gasteiger partial charge in [0.1, 0.15) is 5.82 Å². The van der Waals surface area contributed by atoms with E-state index in [0.717, 1.165) is 16.9 Å². The van der Waals surface area contributed by atoms with Crippen molar-refractivity contribution in [2.75, 3.05) is 11.1 Å². The number of carbonyl (C=O) groups is 1. The zero-order valence-electron chi connectivity index (χ0n) is 10.3. The molecule has 2 aromatic rings. The quantitative estimate of drug-likeness (QED) is 0.843. The summed E-state index contributed by atoms with van der Waals surface area (Å²) >= 11 is 0. The minimum Gasteiger partial charge on any atom is -0.384 e. The van der Waals surface area contributed by atoms with E-state index in [9.17, 15) is 4.79 Å². The summed E-state index contributed by atoms with van der Waals surface area (Å²) in [6, 6.07) is 5.08. The van der Waals surface area contributed by atoms with E-state index in [-0.39, 0.29) is 5.91 Å². The maximum atomic E-state index is 12.0. The third-order valence-corrected chi connectivity index (χ3v) is 2.64. The molecule has 0 spiro atoms. The van der Waals surface area contributed by atoms with Crippen molar-refractivity contribution >= 4 is 17.4 Å². The van der Waals surface area contributed by atoms with Gasteiger partial charge in [-0.05, 0) is 37.6 Å². The van der Waals surface area contributed by atoms with E-state index < -0.39 is 0 Å². The topological polar surface area (TPSA) is 80.9 Å². The molecule has 0 saturated carbocycles. The SMILES string of the molecule is Cc1ccnc(C)c1NC(=O)c1ccc(N)nc1. The number of aryl methyl sites for hydroxylation is 2. The fourth-order valence-corrected chi connectivity index (χ4v) is 1.61. The van der Waals surface area contributed by atoms with Gasteiger partial charge in [-0.3, -0.25) is 9.78 Å². The summed E-state index contributed by atoms with van der Waals surface area (Å²) in [5.41, 5.74) is 8.43. The predicted molar refractivity (Wildman–Crippen MR) is 70.3 cm³/mol. The predicted octanol–water partition coefficient (Wildman–Crippen LogP) is 1.93. The summed E-state index contributed by atoms with van der Waals surface area (Å²) in [5.74, 6) is 0.169. The van der Waals surface area contributed by atoms with Gasteiger partial charge in [-0.2, -0.15) is 0 Å². The zero-order chi connectivity index (χ0) is 13.1. The molecule has 2 rings (SSSR count). The van der Waals surface area contributed by atoms with E-state index in [1.807, 2.05) is 19.9 Å². The van der Waals surface area contributed by atoms with Gasteiger partial charge in [0, 0.05) is 12.4 Å². The van der Waals surface area contributed by atoms with Crippen LogP contribution in [0.1, 0.15) is 21.6 Å². The number of nitrogens with two attached hydrogens (primary N) is 1. The second kappa shape index (κ2) is 4.83. The van der Waals surface area contributed by atoms with E-state index in [0.29, 0.717) is 11.4 Å². The summed E-state index contributed by atoms with van der Waals surface area (Å²) in [6.45, 7) is 3.77. The molecule has 0 radical (unpaired) electrons. The maximum absolute atomic E-state index is 12.0. The van der Waals surface area contributed by atoms with Crippen molar-refractivity contribution in [3.63, 3.8) is 0 Å². The van der Waals surface area contributed by atoms with E-state index >= 15 is 0 Å². The van der Waals surface area contributed by atoms with Gasteiger partial charge in [0.25, 0.3) is 5.91 Å². The normalized spacial score (nSPS) is 10.1. The number of carbonyl (C=O) groups excluding carboxylic acids is 1. The second-order valence-corrected chi connectivity index (χ2v) is 4.01. The Labute approximate surface area is 105 Å². The van der Waals surface area contributed by atoms with Gasteiger partial charge in [0.2, 0.25) is 0 Å². The van der Waals surface area contributed by atoms with Crippen LogP contribution in [0, 0.1) is 13.8 Å². The standard InChI is InChI=1S/C13H14N4O/c1-8-5-6-15-9(2)12(8)17-13(18)10-3-4-11(14)16-7-10/h3-7H,1-2H3,(H2,14,16)(H,17,18). The van der Waals surface area contributed by atoms with Crippen molar-refractivity contribution in [2.45, 2.75) is 13.8 Å². The Hall–Kier alpha value is -2.43. The number of nitrogen functional groups attached to an aromatic ring is 1. The fourth-order valence-electron chi connectivity index (χ4n) is 1.61. The average molecular weight is 242 g/mol. The molecule has 0 aliphatic rings. The van der Waals surface area contributed by atoms with Gasteiger partial charge in [-0.25, -0.2) is 4.98 Å². The maximum Gasteiger partial charge on any atom is 0.257 e. The van der Waals surface area contributed by atoms with Gasteiger partial charge in [-0.15, -0.1) is 0 Å². The molecular formula is C13H14N4O.